The Morgan fingerprint density at radius 1 is 0.958 bits per heavy atom. The molecule has 0 bridgehead atoms. The van der Waals surface area contributed by atoms with Crippen LogP contribution in [0.3, 0.4) is 0 Å². The Morgan fingerprint density at radius 2 is 1.33 bits per heavy atom. The zero-order chi connectivity index (χ0) is 19.5. The van der Waals surface area contributed by atoms with Gasteiger partial charge in [-0.2, -0.15) is 0 Å². The molecule has 0 rings (SSSR count). The van der Waals surface area contributed by atoms with Crippen LogP contribution in [0.2, 0.25) is 0 Å². The minimum Gasteiger partial charge on any atom is -0.416 e. The fourth-order valence-electron chi connectivity index (χ4n) is 1.52. The fourth-order valence-corrected chi connectivity index (χ4v) is 1.83. The van der Waals surface area contributed by atoms with Gasteiger partial charge in [-0.3, -0.25) is 4.79 Å². The van der Waals surface area contributed by atoms with Crippen molar-refractivity contribution < 1.29 is 45.4 Å². The summed E-state index contributed by atoms with van der Waals surface area (Å²) < 4.78 is 107. The zero-order valence-corrected chi connectivity index (χ0v) is 15.0. The fraction of sp³-hybridized carbons (Fsp3) is 0.875. The molecule has 0 aromatic heterocycles. The van der Waals surface area contributed by atoms with Crippen LogP contribution in [0.4, 0.5) is 35.9 Å². The number of alkyl halides is 2. The molecule has 24 heavy (non-hydrogen) atoms. The summed E-state index contributed by atoms with van der Waals surface area (Å²) in [5, 5.41) is -11.1. The van der Waals surface area contributed by atoms with Crippen molar-refractivity contribution in [1.82, 2.24) is 21.4 Å². The Morgan fingerprint density at radius 3 is 1.54 bits per heavy atom. The predicted molar refractivity (Wildman–Crippen MR) is 69.2 cm³/mol. The van der Waals surface area contributed by atoms with E-state index in [1.54, 1.807) is 0 Å². The molecule has 0 N–H and O–H groups in total. The first-order valence-electron chi connectivity index (χ1n) is 5.73. The van der Waals surface area contributed by atoms with Crippen LogP contribution in [0, 0.1) is 0 Å². The number of esters is 1. The van der Waals surface area contributed by atoms with Crippen molar-refractivity contribution in [3.8, 4) is 0 Å². The molecule has 0 aliphatic carbocycles. The summed E-state index contributed by atoms with van der Waals surface area (Å²) in [5.74, 6) is -7.11. The van der Waals surface area contributed by atoms with Crippen LogP contribution in [-0.2, 0) is 9.53 Å². The number of hydrogen-bond donors (Lipinski definition) is 0. The van der Waals surface area contributed by atoms with Gasteiger partial charge in [0, 0.05) is 5.33 Å². The summed E-state index contributed by atoms with van der Waals surface area (Å²) in [6.07, 6.45) is -1.71. The third kappa shape index (κ3) is 3.77. The van der Waals surface area contributed by atoms with E-state index in [1.807, 2.05) is 0 Å². The van der Waals surface area contributed by atoms with Crippen LogP contribution in [0.1, 0.15) is 20.3 Å². The van der Waals surface area contributed by atoms with Crippen LogP contribution in [0.15, 0.2) is 0 Å². The lowest BCUT2D eigenvalue weighted by molar-refractivity contribution is -0.540. The number of halogens is 10. The van der Waals surface area contributed by atoms with E-state index < -0.39 is 54.9 Å². The molecule has 0 aliphatic heterocycles. The van der Waals surface area contributed by atoms with Crippen LogP contribution in [-0.4, -0.2) is 48.5 Å². The van der Waals surface area contributed by atoms with Gasteiger partial charge in [-0.05, 0) is 13.3 Å². The average Bonchev–Trinajstić information content (AvgIpc) is 2.45. The topological polar surface area (TPSA) is 39.3 Å². The van der Waals surface area contributed by atoms with Crippen LogP contribution < -0.4 is 0 Å². The maximum Gasteiger partial charge on any atom is 0.378 e. The van der Waals surface area contributed by atoms with Gasteiger partial charge in [0.15, 0.2) is 0 Å². The Balaban J connectivity index is 6.50. The largest absolute Gasteiger partial charge is 0.416 e. The van der Waals surface area contributed by atoms with Crippen molar-refractivity contribution in [2.24, 2.45) is 0 Å². The van der Waals surface area contributed by atoms with E-state index in [1.165, 1.54) is 0 Å². The van der Waals surface area contributed by atoms with Crippen LogP contribution >= 0.6 is 31.9 Å². The maximum absolute atomic E-state index is 13.1. The van der Waals surface area contributed by atoms with E-state index in [4.69, 9.17) is 0 Å². The Bertz CT molecular complexity index is 426. The molecule has 0 spiro atoms. The molecular weight excluding hydrogens is 496 g/mol. The number of hydrogen-bond acceptors (Lipinski definition) is 6. The lowest BCUT2D eigenvalue weighted by atomic mass is 10.0. The molecule has 0 heterocycles. The molecule has 16 heteroatoms. The predicted octanol–water partition coefficient (Wildman–Crippen LogP) is 4.12. The second kappa shape index (κ2) is 8.39. The molecule has 0 aliphatic rings. The summed E-state index contributed by atoms with van der Waals surface area (Å²) in [6, 6.07) is 0. The van der Waals surface area contributed by atoms with Gasteiger partial charge in [0.1, 0.15) is 4.32 Å². The van der Waals surface area contributed by atoms with E-state index in [2.05, 4.69) is 36.6 Å². The highest BCUT2D eigenvalue weighted by Crippen LogP contribution is 2.46. The first kappa shape index (κ1) is 23.7. The molecular formula is C8H10Br2F8N4O2. The lowest BCUT2D eigenvalue weighted by Gasteiger charge is -2.45. The monoisotopic (exact) mass is 504 g/mol. The first-order chi connectivity index (χ1) is 10.8. The van der Waals surface area contributed by atoms with Crippen molar-refractivity contribution in [1.29, 1.82) is 0 Å². The highest BCUT2D eigenvalue weighted by Gasteiger charge is 2.76. The van der Waals surface area contributed by atoms with Crippen molar-refractivity contribution in [3.63, 3.8) is 0 Å². The smallest absolute Gasteiger partial charge is 0.378 e. The summed E-state index contributed by atoms with van der Waals surface area (Å²) in [7, 11) is 0. The van der Waals surface area contributed by atoms with Crippen molar-refractivity contribution in [2.75, 3.05) is 5.33 Å². The zero-order valence-electron chi connectivity index (χ0n) is 11.8. The molecule has 0 saturated carbocycles. The molecule has 0 saturated heterocycles. The van der Waals surface area contributed by atoms with E-state index in [0.717, 1.165) is 6.92 Å². The molecule has 1 atom stereocenters. The van der Waals surface area contributed by atoms with Gasteiger partial charge in [-0.25, -0.2) is 0 Å². The average molecular weight is 506 g/mol. The SMILES string of the molecule is CCC(N(F)F)(N(F)F)C(OC(=O)C(C)(Br)CBr)(N(F)F)N(F)F. The highest BCUT2D eigenvalue weighted by atomic mass is 79.9. The quantitative estimate of drug-likeness (QED) is 0.154. The molecule has 0 fully saturated rings. The normalized spacial score (nSPS) is 16.2. The van der Waals surface area contributed by atoms with Crippen molar-refractivity contribution in [2.45, 2.75) is 36.1 Å². The van der Waals surface area contributed by atoms with E-state index in [0.29, 0.717) is 6.92 Å². The first-order valence-corrected chi connectivity index (χ1v) is 7.64. The van der Waals surface area contributed by atoms with Gasteiger partial charge in [-0.15, -0.1) is 0 Å². The standard InChI is InChI=1S/C8H10Br2F8N4O2/c1-3-7(19(11)12,20(13)14)8(21(15)16,22(17)18)24-5(23)6(2,10)4-9/h3-4H2,1-2H3. The molecule has 1 unspecified atom stereocenters. The Kier molecular flexibility index (Phi) is 8.29. The van der Waals surface area contributed by atoms with Crippen LogP contribution in [0.5, 0.6) is 0 Å². The number of carbonyl (C=O) groups is 1. The molecule has 0 aromatic carbocycles. The maximum atomic E-state index is 13.1. The van der Waals surface area contributed by atoms with Gasteiger partial charge in [-0.1, -0.05) is 74.6 Å². The van der Waals surface area contributed by atoms with E-state index in [9.17, 15) is 40.6 Å². The van der Waals surface area contributed by atoms with E-state index >= 15 is 0 Å². The molecule has 144 valence electrons. The summed E-state index contributed by atoms with van der Waals surface area (Å²) in [4.78, 5) is 11.8. The summed E-state index contributed by atoms with van der Waals surface area (Å²) in [6.45, 7) is 1.42. The minimum absolute atomic E-state index is 0.408. The third-order valence-corrected chi connectivity index (χ3v) is 5.42. The number of nitrogens with zero attached hydrogens (tertiary/aromatic N) is 4. The third-order valence-electron chi connectivity index (χ3n) is 2.94. The second-order valence-electron chi connectivity index (χ2n) is 4.43. The number of ether oxygens (including phenoxy) is 1. The van der Waals surface area contributed by atoms with E-state index in [-0.39, 0.29) is 0 Å². The molecule has 0 radical (unpaired) electrons. The molecule has 6 nitrogen and oxygen atoms in total. The van der Waals surface area contributed by atoms with Gasteiger partial charge >= 0.3 is 11.8 Å². The van der Waals surface area contributed by atoms with Gasteiger partial charge in [0.25, 0.3) is 5.66 Å². The Labute approximate surface area is 146 Å². The minimum atomic E-state index is -5.16. The number of carbonyl (C=O) groups excluding carboxylic acids is 1. The van der Waals surface area contributed by atoms with Gasteiger partial charge in [0.2, 0.25) is 0 Å². The van der Waals surface area contributed by atoms with Crippen molar-refractivity contribution in [3.05, 3.63) is 0 Å². The number of rotatable bonds is 9. The van der Waals surface area contributed by atoms with Gasteiger partial charge < -0.3 is 4.74 Å². The molecule has 0 aromatic rings. The summed E-state index contributed by atoms with van der Waals surface area (Å²) in [5.41, 5.74) is -4.73. The lowest BCUT2D eigenvalue weighted by Crippen LogP contribution is -2.75. The highest BCUT2D eigenvalue weighted by molar-refractivity contribution is 9.12. The van der Waals surface area contributed by atoms with Crippen molar-refractivity contribution >= 4 is 37.8 Å². The van der Waals surface area contributed by atoms with Gasteiger partial charge in [0.05, 0.1) is 21.4 Å². The second-order valence-corrected chi connectivity index (χ2v) is 6.74. The summed E-state index contributed by atoms with van der Waals surface area (Å²) >= 11 is 5.32. The molecule has 0 amide bonds. The van der Waals surface area contributed by atoms with Crippen LogP contribution in [0.25, 0.3) is 0 Å². The Hall–Kier alpha value is -0.290.